The monoisotopic (exact) mass is 743 g/mol. The molecular weight excluding hydrogens is 683 g/mol. The predicted octanol–water partition coefficient (Wildman–Crippen LogP) is 8.44. The number of hydrogen-bond donors (Lipinski definition) is 5. The molecule has 0 amide bonds. The highest BCUT2D eigenvalue weighted by Gasteiger charge is 2.53. The molecular formula is C49H61NO5. The number of phenols is 1. The molecule has 1 saturated carbocycles. The largest absolute Gasteiger partial charge is 0.511 e. The van der Waals surface area contributed by atoms with Crippen LogP contribution in [0.3, 0.4) is 0 Å². The van der Waals surface area contributed by atoms with Crippen molar-refractivity contribution in [2.75, 3.05) is 13.2 Å². The van der Waals surface area contributed by atoms with E-state index in [0.717, 1.165) is 61.1 Å². The SMILES string of the molecule is NCCC1=CC(CCCCCCC2CC=CC(CO)C(C(=O)O)C3(CCC4C=c5ccccc5=C(O)C4C3)c3cccc(c3)CC2c2ccc(O)cc2)CC1. The van der Waals surface area contributed by atoms with E-state index in [1.165, 1.54) is 49.7 Å². The van der Waals surface area contributed by atoms with Gasteiger partial charge in [0.2, 0.25) is 0 Å². The predicted molar refractivity (Wildman–Crippen MR) is 221 cm³/mol. The van der Waals surface area contributed by atoms with E-state index < -0.39 is 23.2 Å². The second-order valence-corrected chi connectivity index (χ2v) is 17.2. The van der Waals surface area contributed by atoms with Crippen LogP contribution in [0.1, 0.15) is 106 Å². The fourth-order valence-corrected chi connectivity index (χ4v) is 11.0. The van der Waals surface area contributed by atoms with Gasteiger partial charge in [-0.05, 0) is 128 Å². The van der Waals surface area contributed by atoms with Crippen molar-refractivity contribution in [3.63, 3.8) is 0 Å². The number of carbonyl (C=O) groups is 1. The number of carboxylic acids is 1. The summed E-state index contributed by atoms with van der Waals surface area (Å²) in [6, 6.07) is 24.3. The summed E-state index contributed by atoms with van der Waals surface area (Å²) in [5, 5.41) is 46.0. The van der Waals surface area contributed by atoms with E-state index in [0.29, 0.717) is 30.4 Å². The minimum Gasteiger partial charge on any atom is -0.511 e. The summed E-state index contributed by atoms with van der Waals surface area (Å²) in [4.78, 5) is 13.6. The number of carboxylic acid groups (broad SMARTS) is 1. The van der Waals surface area contributed by atoms with E-state index >= 15 is 0 Å². The molecule has 8 atom stereocenters. The normalized spacial score (nSPS) is 29.0. The third-order valence-electron chi connectivity index (χ3n) is 13.8. The molecule has 4 aliphatic carbocycles. The zero-order valence-electron chi connectivity index (χ0n) is 32.4. The van der Waals surface area contributed by atoms with Crippen molar-refractivity contribution in [1.82, 2.24) is 0 Å². The quantitative estimate of drug-likeness (QED) is 0.0938. The average Bonchev–Trinajstić information content (AvgIpc) is 3.64. The Morgan fingerprint density at radius 2 is 1.67 bits per heavy atom. The first-order valence-corrected chi connectivity index (χ1v) is 21.1. The molecule has 0 heterocycles. The van der Waals surface area contributed by atoms with Gasteiger partial charge in [-0.2, -0.15) is 0 Å². The summed E-state index contributed by atoms with van der Waals surface area (Å²) in [6.07, 6.45) is 23.0. The van der Waals surface area contributed by atoms with Crippen LogP contribution in [0, 0.1) is 35.5 Å². The lowest BCUT2D eigenvalue weighted by molar-refractivity contribution is -0.148. The van der Waals surface area contributed by atoms with Gasteiger partial charge in [0.05, 0.1) is 12.5 Å². The molecule has 3 aromatic carbocycles. The van der Waals surface area contributed by atoms with E-state index in [1.807, 2.05) is 30.3 Å². The Labute approximate surface area is 327 Å². The van der Waals surface area contributed by atoms with Crippen LogP contribution in [0.2, 0.25) is 0 Å². The van der Waals surface area contributed by atoms with E-state index in [9.17, 15) is 25.2 Å². The molecule has 0 aliphatic heterocycles. The Kier molecular flexibility index (Phi) is 12.6. The van der Waals surface area contributed by atoms with E-state index in [2.05, 4.69) is 54.6 Å². The van der Waals surface area contributed by atoms with Gasteiger partial charge in [0, 0.05) is 22.5 Å². The lowest BCUT2D eigenvalue weighted by Crippen LogP contribution is -2.51. The molecule has 7 rings (SSSR count). The summed E-state index contributed by atoms with van der Waals surface area (Å²) in [5.41, 5.74) is 9.90. The summed E-state index contributed by atoms with van der Waals surface area (Å²) in [7, 11) is 0. The maximum absolute atomic E-state index is 13.6. The fraction of sp³-hybridized carbons (Fsp3) is 0.490. The van der Waals surface area contributed by atoms with Crippen LogP contribution in [0.25, 0.3) is 11.8 Å². The minimum atomic E-state index is -0.897. The number of benzene rings is 3. The topological polar surface area (TPSA) is 124 Å². The molecule has 2 bridgehead atoms. The van der Waals surface area contributed by atoms with Crippen molar-refractivity contribution in [2.24, 2.45) is 41.2 Å². The van der Waals surface area contributed by atoms with Gasteiger partial charge in [-0.15, -0.1) is 0 Å². The maximum Gasteiger partial charge on any atom is 0.308 e. The van der Waals surface area contributed by atoms with Crippen molar-refractivity contribution >= 4 is 17.8 Å². The van der Waals surface area contributed by atoms with Gasteiger partial charge in [0.25, 0.3) is 0 Å². The van der Waals surface area contributed by atoms with E-state index in [4.69, 9.17) is 5.73 Å². The molecule has 6 heteroatoms. The molecule has 1 spiro atoms. The molecule has 55 heavy (non-hydrogen) atoms. The van der Waals surface area contributed by atoms with Crippen molar-refractivity contribution in [1.29, 1.82) is 0 Å². The second kappa shape index (κ2) is 17.8. The van der Waals surface area contributed by atoms with Gasteiger partial charge in [-0.3, -0.25) is 4.79 Å². The molecule has 0 aromatic heterocycles. The van der Waals surface area contributed by atoms with Crippen LogP contribution in [0.4, 0.5) is 0 Å². The van der Waals surface area contributed by atoms with Crippen molar-refractivity contribution in [2.45, 2.75) is 101 Å². The molecule has 6 N–H and O–H groups in total. The number of phenolic OH excluding ortho intramolecular Hbond substituents is 1. The van der Waals surface area contributed by atoms with Crippen LogP contribution in [0.15, 0.2) is 96.6 Å². The Morgan fingerprint density at radius 3 is 2.45 bits per heavy atom. The maximum atomic E-state index is 13.6. The van der Waals surface area contributed by atoms with Gasteiger partial charge in [0.1, 0.15) is 11.5 Å². The molecule has 0 saturated heterocycles. The lowest BCUT2D eigenvalue weighted by Gasteiger charge is -2.49. The molecule has 0 radical (unpaired) electrons. The number of unbranched alkanes of at least 4 members (excludes halogenated alkanes) is 3. The fourth-order valence-electron chi connectivity index (χ4n) is 11.0. The highest BCUT2D eigenvalue weighted by molar-refractivity contribution is 5.74. The number of fused-ring (bicyclic) bond motifs is 5. The highest BCUT2D eigenvalue weighted by atomic mass is 16.4. The molecule has 1 fully saturated rings. The first kappa shape index (κ1) is 39.1. The first-order valence-electron chi connectivity index (χ1n) is 21.1. The molecule has 292 valence electrons. The number of aliphatic carboxylic acids is 1. The smallest absolute Gasteiger partial charge is 0.308 e. The third-order valence-corrected chi connectivity index (χ3v) is 13.8. The zero-order valence-corrected chi connectivity index (χ0v) is 32.4. The number of allylic oxidation sites excluding steroid dienone is 2. The van der Waals surface area contributed by atoms with E-state index in [1.54, 1.807) is 17.7 Å². The van der Waals surface area contributed by atoms with Crippen molar-refractivity contribution < 1.29 is 25.2 Å². The van der Waals surface area contributed by atoms with Crippen LogP contribution in [-0.2, 0) is 16.6 Å². The van der Waals surface area contributed by atoms with Crippen LogP contribution in [0.5, 0.6) is 5.75 Å². The molecule has 8 unspecified atom stereocenters. The van der Waals surface area contributed by atoms with Gasteiger partial charge in [0.15, 0.2) is 0 Å². The second-order valence-electron chi connectivity index (χ2n) is 17.2. The Morgan fingerprint density at radius 1 is 0.873 bits per heavy atom. The zero-order chi connectivity index (χ0) is 38.4. The van der Waals surface area contributed by atoms with Crippen LogP contribution in [-0.4, -0.2) is 39.5 Å². The summed E-state index contributed by atoms with van der Waals surface area (Å²) >= 11 is 0. The highest BCUT2D eigenvalue weighted by Crippen LogP contribution is 2.54. The van der Waals surface area contributed by atoms with E-state index in [-0.39, 0.29) is 30.1 Å². The summed E-state index contributed by atoms with van der Waals surface area (Å²) < 4.78 is 0. The summed E-state index contributed by atoms with van der Waals surface area (Å²) in [6.45, 7) is 0.483. The Balaban J connectivity index is 1.18. The third kappa shape index (κ3) is 8.66. The molecule has 6 nitrogen and oxygen atoms in total. The van der Waals surface area contributed by atoms with Crippen molar-refractivity contribution in [3.05, 3.63) is 124 Å². The average molecular weight is 744 g/mol. The minimum absolute atomic E-state index is 0.121. The standard InChI is InChI=1S/C49H61NO5/c50-26-24-34-18-17-33(27-34)9-3-1-2-4-11-36-13-8-14-40(32-51)46(48(54)55)49(25-23-39-30-38-12-5-6-16-43(38)47(53)45(39)31-49)41-15-7-10-35(28-41)29-44(36)37-19-21-42(52)22-20-37/h5-8,10,12,14-16,19-22,27-28,30,33,36,39-40,44-46,51-53H,1-4,9,11,13,17-18,23-26,29,31-32,50H2,(H,54,55). The van der Waals surface area contributed by atoms with Gasteiger partial charge < -0.3 is 26.2 Å². The number of rotatable bonds is 12. The number of nitrogens with two attached hydrogens (primary N) is 1. The number of hydrogen-bond acceptors (Lipinski definition) is 5. The van der Waals surface area contributed by atoms with Gasteiger partial charge >= 0.3 is 5.97 Å². The Hall–Kier alpha value is -4.13. The van der Waals surface area contributed by atoms with Gasteiger partial charge in [-0.1, -0.05) is 116 Å². The summed E-state index contributed by atoms with van der Waals surface area (Å²) in [5.74, 6) is -0.607. The van der Waals surface area contributed by atoms with Crippen LogP contribution < -0.4 is 16.2 Å². The first-order chi connectivity index (χ1) is 26.8. The number of aliphatic hydroxyl groups excluding tert-OH is 2. The lowest BCUT2D eigenvalue weighted by atomic mass is 9.53. The van der Waals surface area contributed by atoms with Gasteiger partial charge in [-0.25, -0.2) is 0 Å². The van der Waals surface area contributed by atoms with Crippen LogP contribution >= 0.6 is 0 Å². The number of aromatic hydroxyl groups is 1. The molecule has 3 aromatic rings. The van der Waals surface area contributed by atoms with Crippen molar-refractivity contribution in [3.8, 4) is 5.75 Å². The number of aliphatic hydroxyl groups is 2. The molecule has 4 aliphatic rings. The Bertz CT molecular complexity index is 1960.